The van der Waals surface area contributed by atoms with E-state index in [1.165, 1.54) is 35.3 Å². The SMILES string of the molecule is CC(CNCc1csc(Br)c1)N1CCCC1. The molecule has 2 heterocycles. The molecule has 1 saturated heterocycles. The molecule has 0 saturated carbocycles. The maximum Gasteiger partial charge on any atom is 0.0701 e. The number of hydrogen-bond donors (Lipinski definition) is 1. The van der Waals surface area contributed by atoms with E-state index in [9.17, 15) is 0 Å². The van der Waals surface area contributed by atoms with Crippen molar-refractivity contribution in [2.24, 2.45) is 0 Å². The largest absolute Gasteiger partial charge is 0.311 e. The third kappa shape index (κ3) is 3.55. The lowest BCUT2D eigenvalue weighted by Crippen LogP contribution is -2.38. The zero-order valence-corrected chi connectivity index (χ0v) is 12.1. The summed E-state index contributed by atoms with van der Waals surface area (Å²) in [5, 5.41) is 5.74. The second-order valence-corrected chi connectivity index (χ2v) is 6.77. The van der Waals surface area contributed by atoms with Gasteiger partial charge in [-0.3, -0.25) is 4.90 Å². The highest BCUT2D eigenvalue weighted by Gasteiger charge is 2.17. The Labute approximate surface area is 110 Å². The second kappa shape index (κ2) is 6.15. The van der Waals surface area contributed by atoms with Crippen LogP contribution in [0, 0.1) is 0 Å². The van der Waals surface area contributed by atoms with Crippen LogP contribution in [0.1, 0.15) is 25.3 Å². The molecule has 1 fully saturated rings. The van der Waals surface area contributed by atoms with E-state index in [-0.39, 0.29) is 0 Å². The summed E-state index contributed by atoms with van der Waals surface area (Å²) in [6, 6.07) is 2.86. The molecule has 2 nitrogen and oxygen atoms in total. The number of hydrogen-bond acceptors (Lipinski definition) is 3. The fourth-order valence-electron chi connectivity index (χ4n) is 2.18. The first-order valence-electron chi connectivity index (χ1n) is 5.93. The van der Waals surface area contributed by atoms with Gasteiger partial charge in [0.05, 0.1) is 3.79 Å². The Morgan fingerprint density at radius 3 is 2.88 bits per heavy atom. The van der Waals surface area contributed by atoms with Crippen molar-refractivity contribution in [2.75, 3.05) is 19.6 Å². The molecule has 0 spiro atoms. The van der Waals surface area contributed by atoms with E-state index < -0.39 is 0 Å². The lowest BCUT2D eigenvalue weighted by molar-refractivity contribution is 0.251. The Bertz CT molecular complexity index is 321. The first-order valence-corrected chi connectivity index (χ1v) is 7.60. The Morgan fingerprint density at radius 1 is 1.50 bits per heavy atom. The summed E-state index contributed by atoms with van der Waals surface area (Å²) in [6.45, 7) is 6.97. The predicted molar refractivity (Wildman–Crippen MR) is 74.0 cm³/mol. The molecule has 0 bridgehead atoms. The van der Waals surface area contributed by atoms with E-state index in [1.54, 1.807) is 11.3 Å². The molecule has 1 N–H and O–H groups in total. The molecule has 1 aliphatic heterocycles. The van der Waals surface area contributed by atoms with Crippen LogP contribution in [0.4, 0.5) is 0 Å². The Hall–Kier alpha value is 0.1000. The fourth-order valence-corrected chi connectivity index (χ4v) is 3.38. The summed E-state index contributed by atoms with van der Waals surface area (Å²) in [6.07, 6.45) is 2.75. The molecule has 90 valence electrons. The van der Waals surface area contributed by atoms with E-state index >= 15 is 0 Å². The van der Waals surface area contributed by atoms with Crippen LogP contribution in [0.2, 0.25) is 0 Å². The minimum absolute atomic E-state index is 0.671. The van der Waals surface area contributed by atoms with Gasteiger partial charge in [0.2, 0.25) is 0 Å². The van der Waals surface area contributed by atoms with Crippen LogP contribution in [0.5, 0.6) is 0 Å². The van der Waals surface area contributed by atoms with Gasteiger partial charge >= 0.3 is 0 Å². The fraction of sp³-hybridized carbons (Fsp3) is 0.667. The van der Waals surface area contributed by atoms with E-state index in [1.807, 2.05) is 0 Å². The van der Waals surface area contributed by atoms with Crippen LogP contribution in [0.25, 0.3) is 0 Å². The minimum Gasteiger partial charge on any atom is -0.311 e. The van der Waals surface area contributed by atoms with Crippen LogP contribution in [0.15, 0.2) is 15.2 Å². The molecule has 1 aromatic rings. The molecule has 4 heteroatoms. The van der Waals surface area contributed by atoms with Crippen LogP contribution < -0.4 is 5.32 Å². The van der Waals surface area contributed by atoms with Crippen molar-refractivity contribution in [3.63, 3.8) is 0 Å². The Kier molecular flexibility index (Phi) is 4.82. The van der Waals surface area contributed by atoms with E-state index in [4.69, 9.17) is 0 Å². The van der Waals surface area contributed by atoms with Crippen LogP contribution in [0.3, 0.4) is 0 Å². The molecular formula is C12H19BrN2S. The van der Waals surface area contributed by atoms with Crippen molar-refractivity contribution in [1.29, 1.82) is 0 Å². The van der Waals surface area contributed by atoms with Gasteiger partial charge in [-0.15, -0.1) is 11.3 Å². The average molecular weight is 303 g/mol. The molecule has 16 heavy (non-hydrogen) atoms. The summed E-state index contributed by atoms with van der Waals surface area (Å²) < 4.78 is 1.22. The van der Waals surface area contributed by atoms with Gasteiger partial charge in [0.25, 0.3) is 0 Å². The number of halogens is 1. The van der Waals surface area contributed by atoms with Crippen LogP contribution in [-0.4, -0.2) is 30.6 Å². The number of nitrogens with zero attached hydrogens (tertiary/aromatic N) is 1. The highest BCUT2D eigenvalue weighted by atomic mass is 79.9. The molecule has 0 aromatic carbocycles. The molecule has 1 aliphatic rings. The Morgan fingerprint density at radius 2 is 2.25 bits per heavy atom. The smallest absolute Gasteiger partial charge is 0.0701 e. The molecule has 0 amide bonds. The summed E-state index contributed by atoms with van der Waals surface area (Å²) in [5.41, 5.74) is 1.38. The lowest BCUT2D eigenvalue weighted by atomic mass is 10.3. The summed E-state index contributed by atoms with van der Waals surface area (Å²) in [5.74, 6) is 0. The predicted octanol–water partition coefficient (Wildman–Crippen LogP) is 3.08. The monoisotopic (exact) mass is 302 g/mol. The van der Waals surface area contributed by atoms with E-state index in [0.717, 1.165) is 13.1 Å². The molecule has 0 aliphatic carbocycles. The summed E-state index contributed by atoms with van der Waals surface area (Å²) in [7, 11) is 0. The zero-order chi connectivity index (χ0) is 11.4. The highest BCUT2D eigenvalue weighted by Crippen LogP contribution is 2.20. The zero-order valence-electron chi connectivity index (χ0n) is 9.71. The first kappa shape index (κ1) is 12.6. The van der Waals surface area contributed by atoms with Gasteiger partial charge in [-0.05, 0) is 65.8 Å². The number of thiophene rings is 1. The normalized spacial score (nSPS) is 19.1. The van der Waals surface area contributed by atoms with Gasteiger partial charge in [-0.2, -0.15) is 0 Å². The molecule has 1 atom stereocenters. The topological polar surface area (TPSA) is 15.3 Å². The van der Waals surface area contributed by atoms with Gasteiger partial charge in [-0.1, -0.05) is 0 Å². The van der Waals surface area contributed by atoms with Gasteiger partial charge in [0, 0.05) is 19.1 Å². The van der Waals surface area contributed by atoms with Crippen molar-refractivity contribution >= 4 is 27.3 Å². The number of nitrogens with one attached hydrogen (secondary N) is 1. The quantitative estimate of drug-likeness (QED) is 0.899. The van der Waals surface area contributed by atoms with Crippen LogP contribution >= 0.6 is 27.3 Å². The standard InChI is InChI=1S/C12H19BrN2S/c1-10(15-4-2-3-5-15)7-14-8-11-6-12(13)16-9-11/h6,9-10,14H,2-5,7-8H2,1H3. The van der Waals surface area contributed by atoms with Crippen molar-refractivity contribution in [3.8, 4) is 0 Å². The van der Waals surface area contributed by atoms with E-state index in [2.05, 4.69) is 44.5 Å². The van der Waals surface area contributed by atoms with Crippen molar-refractivity contribution in [1.82, 2.24) is 10.2 Å². The number of rotatable bonds is 5. The van der Waals surface area contributed by atoms with Crippen molar-refractivity contribution in [2.45, 2.75) is 32.4 Å². The van der Waals surface area contributed by atoms with Gasteiger partial charge < -0.3 is 5.32 Å². The third-order valence-corrected chi connectivity index (χ3v) is 4.71. The second-order valence-electron chi connectivity index (χ2n) is 4.48. The highest BCUT2D eigenvalue weighted by molar-refractivity contribution is 9.11. The van der Waals surface area contributed by atoms with Gasteiger partial charge in [0.15, 0.2) is 0 Å². The van der Waals surface area contributed by atoms with Crippen molar-refractivity contribution in [3.05, 3.63) is 20.8 Å². The molecule has 1 aromatic heterocycles. The third-order valence-electron chi connectivity index (χ3n) is 3.15. The minimum atomic E-state index is 0.671. The number of likely N-dealkylation sites (tertiary alicyclic amines) is 1. The van der Waals surface area contributed by atoms with Gasteiger partial charge in [0.1, 0.15) is 0 Å². The molecule has 0 radical (unpaired) electrons. The first-order chi connectivity index (χ1) is 7.75. The Balaban J connectivity index is 1.67. The lowest BCUT2D eigenvalue weighted by Gasteiger charge is -2.23. The van der Waals surface area contributed by atoms with E-state index in [0.29, 0.717) is 6.04 Å². The summed E-state index contributed by atoms with van der Waals surface area (Å²) >= 11 is 5.24. The molecule has 1 unspecified atom stereocenters. The van der Waals surface area contributed by atoms with Crippen LogP contribution in [-0.2, 0) is 6.54 Å². The molecular weight excluding hydrogens is 284 g/mol. The average Bonchev–Trinajstić information content (AvgIpc) is 2.89. The maximum atomic E-state index is 3.54. The maximum absolute atomic E-state index is 3.54. The molecule has 2 rings (SSSR count). The van der Waals surface area contributed by atoms with Crippen molar-refractivity contribution < 1.29 is 0 Å². The van der Waals surface area contributed by atoms with Gasteiger partial charge in [-0.25, -0.2) is 0 Å². The summed E-state index contributed by atoms with van der Waals surface area (Å²) in [4.78, 5) is 2.58.